The Morgan fingerprint density at radius 2 is 1.79 bits per heavy atom. The van der Waals surface area contributed by atoms with Gasteiger partial charge in [0.1, 0.15) is 0 Å². The van der Waals surface area contributed by atoms with E-state index in [2.05, 4.69) is 11.9 Å². The third-order valence-corrected chi connectivity index (χ3v) is 3.66. The van der Waals surface area contributed by atoms with Gasteiger partial charge in [0.05, 0.1) is 0 Å². The van der Waals surface area contributed by atoms with Crippen LogP contribution >= 0.6 is 0 Å². The average Bonchev–Trinajstić information content (AvgIpc) is 2.87. The van der Waals surface area contributed by atoms with Gasteiger partial charge in [-0.1, -0.05) is 6.42 Å². The molecule has 0 aromatic heterocycles. The molecule has 14 heavy (non-hydrogen) atoms. The van der Waals surface area contributed by atoms with Crippen molar-refractivity contribution in [3.05, 3.63) is 0 Å². The van der Waals surface area contributed by atoms with E-state index in [0.29, 0.717) is 6.04 Å². The van der Waals surface area contributed by atoms with E-state index < -0.39 is 0 Å². The topological polar surface area (TPSA) is 29.3 Å². The molecule has 2 heteroatoms. The van der Waals surface area contributed by atoms with Crippen LogP contribution in [0.15, 0.2) is 0 Å². The summed E-state index contributed by atoms with van der Waals surface area (Å²) in [6.07, 6.45) is 8.20. The molecule has 2 N–H and O–H groups in total. The Hall–Kier alpha value is -0.0800. The number of hydrogen-bond acceptors (Lipinski definition) is 2. The molecule has 2 fully saturated rings. The third kappa shape index (κ3) is 3.25. The number of nitrogens with two attached hydrogens (primary N) is 1. The highest BCUT2D eigenvalue weighted by atomic mass is 15.1. The summed E-state index contributed by atoms with van der Waals surface area (Å²) >= 11 is 0. The summed E-state index contributed by atoms with van der Waals surface area (Å²) in [4.78, 5) is 2.53. The smallest absolute Gasteiger partial charge is 0.00419 e. The van der Waals surface area contributed by atoms with E-state index in [9.17, 15) is 0 Å². The Bertz CT molecular complexity index is 177. The Morgan fingerprint density at radius 1 is 1.07 bits per heavy atom. The van der Waals surface area contributed by atoms with E-state index in [4.69, 9.17) is 5.73 Å². The summed E-state index contributed by atoms with van der Waals surface area (Å²) < 4.78 is 0. The molecule has 82 valence electrons. The molecule has 2 aliphatic rings. The van der Waals surface area contributed by atoms with Crippen LogP contribution in [0.1, 0.15) is 38.5 Å². The highest BCUT2D eigenvalue weighted by molar-refractivity contribution is 4.80. The van der Waals surface area contributed by atoms with E-state index in [0.717, 1.165) is 11.8 Å². The van der Waals surface area contributed by atoms with E-state index in [1.165, 1.54) is 51.6 Å². The van der Waals surface area contributed by atoms with Gasteiger partial charge < -0.3 is 10.6 Å². The van der Waals surface area contributed by atoms with Crippen molar-refractivity contribution in [1.82, 2.24) is 4.90 Å². The Kier molecular flexibility index (Phi) is 3.45. The Labute approximate surface area is 87.8 Å². The Balaban J connectivity index is 1.66. The van der Waals surface area contributed by atoms with E-state index in [1.54, 1.807) is 0 Å². The Morgan fingerprint density at radius 3 is 2.43 bits per heavy atom. The molecule has 2 saturated carbocycles. The maximum Gasteiger partial charge on any atom is 0.00419 e. The average molecular weight is 196 g/mol. The van der Waals surface area contributed by atoms with Crippen LogP contribution in [0.3, 0.4) is 0 Å². The SMILES string of the molecule is CN(CC1CC1)CC1CCCC(N)C1. The minimum Gasteiger partial charge on any atom is -0.328 e. The van der Waals surface area contributed by atoms with E-state index in [1.807, 2.05) is 0 Å². The normalized spacial score (nSPS) is 33.6. The molecule has 2 aliphatic carbocycles. The quantitative estimate of drug-likeness (QED) is 0.743. The second-order valence-electron chi connectivity index (χ2n) is 5.46. The zero-order valence-electron chi connectivity index (χ0n) is 9.41. The summed E-state index contributed by atoms with van der Waals surface area (Å²) in [6.45, 7) is 2.61. The molecular weight excluding hydrogens is 172 g/mol. The van der Waals surface area contributed by atoms with E-state index in [-0.39, 0.29) is 0 Å². The molecule has 0 amide bonds. The molecule has 2 rings (SSSR count). The first-order valence-corrected chi connectivity index (χ1v) is 6.18. The molecule has 0 aromatic rings. The maximum absolute atomic E-state index is 6.00. The van der Waals surface area contributed by atoms with Crippen LogP contribution in [0.25, 0.3) is 0 Å². The van der Waals surface area contributed by atoms with Crippen molar-refractivity contribution in [2.24, 2.45) is 17.6 Å². The van der Waals surface area contributed by atoms with Crippen LogP contribution in [0.4, 0.5) is 0 Å². The second kappa shape index (κ2) is 4.63. The summed E-state index contributed by atoms with van der Waals surface area (Å²) in [5.41, 5.74) is 6.00. The molecule has 2 unspecified atom stereocenters. The van der Waals surface area contributed by atoms with Crippen LogP contribution in [0, 0.1) is 11.8 Å². The first-order chi connectivity index (χ1) is 6.74. The van der Waals surface area contributed by atoms with Gasteiger partial charge in [-0.2, -0.15) is 0 Å². The van der Waals surface area contributed by atoms with Gasteiger partial charge in [0.15, 0.2) is 0 Å². The number of nitrogens with zero attached hydrogens (tertiary/aromatic N) is 1. The molecule has 0 radical (unpaired) electrons. The lowest BCUT2D eigenvalue weighted by molar-refractivity contribution is 0.216. The molecule has 2 nitrogen and oxygen atoms in total. The predicted molar refractivity (Wildman–Crippen MR) is 60.2 cm³/mol. The molecular formula is C12H24N2. The highest BCUT2D eigenvalue weighted by Gasteiger charge is 2.25. The minimum absolute atomic E-state index is 0.489. The summed E-state index contributed by atoms with van der Waals surface area (Å²) in [5, 5.41) is 0. The standard InChI is InChI=1S/C12H24N2/c1-14(8-10-5-6-10)9-11-3-2-4-12(13)7-11/h10-12H,2-9,13H2,1H3. The lowest BCUT2D eigenvalue weighted by Crippen LogP contribution is -2.34. The zero-order valence-corrected chi connectivity index (χ0v) is 9.41. The first-order valence-electron chi connectivity index (χ1n) is 6.18. The molecule has 0 heterocycles. The fourth-order valence-corrected chi connectivity index (χ4v) is 2.75. The van der Waals surface area contributed by atoms with Gasteiger partial charge >= 0.3 is 0 Å². The van der Waals surface area contributed by atoms with Crippen molar-refractivity contribution in [2.45, 2.75) is 44.6 Å². The lowest BCUT2D eigenvalue weighted by Gasteiger charge is -2.30. The molecule has 0 spiro atoms. The highest BCUT2D eigenvalue weighted by Crippen LogP contribution is 2.30. The van der Waals surface area contributed by atoms with Crippen molar-refractivity contribution in [3.8, 4) is 0 Å². The van der Waals surface area contributed by atoms with Crippen molar-refractivity contribution in [3.63, 3.8) is 0 Å². The maximum atomic E-state index is 6.00. The van der Waals surface area contributed by atoms with Gasteiger partial charge in [0.25, 0.3) is 0 Å². The monoisotopic (exact) mass is 196 g/mol. The second-order valence-corrected chi connectivity index (χ2v) is 5.46. The van der Waals surface area contributed by atoms with Gasteiger partial charge in [-0.05, 0) is 51.0 Å². The first kappa shape index (κ1) is 10.4. The van der Waals surface area contributed by atoms with Crippen LogP contribution in [0.5, 0.6) is 0 Å². The molecule has 0 bridgehead atoms. The largest absolute Gasteiger partial charge is 0.328 e. The number of hydrogen-bond donors (Lipinski definition) is 1. The van der Waals surface area contributed by atoms with Gasteiger partial charge in [-0.15, -0.1) is 0 Å². The van der Waals surface area contributed by atoms with Crippen molar-refractivity contribution in [2.75, 3.05) is 20.1 Å². The molecule has 2 atom stereocenters. The van der Waals surface area contributed by atoms with Crippen molar-refractivity contribution >= 4 is 0 Å². The van der Waals surface area contributed by atoms with Gasteiger partial charge in [0, 0.05) is 19.1 Å². The summed E-state index contributed by atoms with van der Waals surface area (Å²) in [5.74, 6) is 1.90. The van der Waals surface area contributed by atoms with Gasteiger partial charge in [-0.25, -0.2) is 0 Å². The van der Waals surface area contributed by atoms with Gasteiger partial charge in [-0.3, -0.25) is 0 Å². The van der Waals surface area contributed by atoms with Crippen LogP contribution in [-0.2, 0) is 0 Å². The molecule has 0 saturated heterocycles. The predicted octanol–water partition coefficient (Wildman–Crippen LogP) is 1.85. The molecule has 0 aromatic carbocycles. The number of rotatable bonds is 4. The molecule has 0 aliphatic heterocycles. The van der Waals surface area contributed by atoms with Crippen LogP contribution in [0.2, 0.25) is 0 Å². The zero-order chi connectivity index (χ0) is 9.97. The van der Waals surface area contributed by atoms with Crippen molar-refractivity contribution < 1.29 is 0 Å². The summed E-state index contributed by atoms with van der Waals surface area (Å²) in [6, 6.07) is 0.489. The van der Waals surface area contributed by atoms with Gasteiger partial charge in [0.2, 0.25) is 0 Å². The summed E-state index contributed by atoms with van der Waals surface area (Å²) in [7, 11) is 2.28. The van der Waals surface area contributed by atoms with Crippen LogP contribution < -0.4 is 5.73 Å². The lowest BCUT2D eigenvalue weighted by atomic mass is 9.86. The van der Waals surface area contributed by atoms with Crippen LogP contribution in [-0.4, -0.2) is 31.1 Å². The third-order valence-electron chi connectivity index (χ3n) is 3.66. The van der Waals surface area contributed by atoms with Crippen molar-refractivity contribution in [1.29, 1.82) is 0 Å². The fourth-order valence-electron chi connectivity index (χ4n) is 2.75. The minimum atomic E-state index is 0.489. The van der Waals surface area contributed by atoms with E-state index >= 15 is 0 Å². The fraction of sp³-hybridized carbons (Fsp3) is 1.00.